The number of ether oxygens (including phenoxy) is 3. The molecule has 2 N–H and O–H groups in total. The van der Waals surface area contributed by atoms with Crippen LogP contribution in [0.2, 0.25) is 0 Å². The predicted octanol–water partition coefficient (Wildman–Crippen LogP) is 4.23. The van der Waals surface area contributed by atoms with Gasteiger partial charge in [0.2, 0.25) is 0 Å². The third-order valence-corrected chi connectivity index (χ3v) is 4.40. The largest absolute Gasteiger partial charge is 0.490 e. The number of carbonyl (C=O) groups excluding carboxylic acids is 2. The van der Waals surface area contributed by atoms with Crippen LogP contribution in [0, 0.1) is 0 Å². The molecule has 0 saturated heterocycles. The molecule has 0 bridgehead atoms. The van der Waals surface area contributed by atoms with Crippen molar-refractivity contribution >= 4 is 12.0 Å². The van der Waals surface area contributed by atoms with Crippen LogP contribution in [0.4, 0.5) is 4.79 Å². The van der Waals surface area contributed by atoms with Crippen LogP contribution in [0.15, 0.2) is 29.5 Å². The van der Waals surface area contributed by atoms with Gasteiger partial charge in [0.05, 0.1) is 30.9 Å². The minimum Gasteiger partial charge on any atom is -0.490 e. The van der Waals surface area contributed by atoms with Crippen molar-refractivity contribution in [1.29, 1.82) is 0 Å². The summed E-state index contributed by atoms with van der Waals surface area (Å²) in [6.07, 6.45) is 2.13. The van der Waals surface area contributed by atoms with Crippen LogP contribution in [-0.2, 0) is 9.53 Å². The minimum absolute atomic E-state index is 0.264. The van der Waals surface area contributed by atoms with Crippen molar-refractivity contribution in [2.45, 2.75) is 66.0 Å². The number of benzene rings is 1. The lowest BCUT2D eigenvalue weighted by atomic mass is 9.93. The molecule has 0 radical (unpaired) electrons. The lowest BCUT2D eigenvalue weighted by Gasteiger charge is -2.30. The van der Waals surface area contributed by atoms with E-state index in [1.807, 2.05) is 26.0 Å². The molecule has 0 spiro atoms. The van der Waals surface area contributed by atoms with Gasteiger partial charge >= 0.3 is 12.0 Å². The van der Waals surface area contributed by atoms with Gasteiger partial charge in [0.25, 0.3) is 0 Å². The lowest BCUT2D eigenvalue weighted by Crippen LogP contribution is -2.46. The summed E-state index contributed by atoms with van der Waals surface area (Å²) in [5.41, 5.74) is 1.77. The molecule has 7 heteroatoms. The molecular formula is C22H32N2O5. The predicted molar refractivity (Wildman–Crippen MR) is 111 cm³/mol. The van der Waals surface area contributed by atoms with Gasteiger partial charge in [-0.2, -0.15) is 0 Å². The fourth-order valence-corrected chi connectivity index (χ4v) is 3.18. The maximum absolute atomic E-state index is 12.9. The Balaban J connectivity index is 2.52. The second kappa shape index (κ2) is 10.7. The van der Waals surface area contributed by atoms with E-state index in [-0.39, 0.29) is 12.1 Å². The van der Waals surface area contributed by atoms with E-state index >= 15 is 0 Å². The van der Waals surface area contributed by atoms with E-state index in [4.69, 9.17) is 14.2 Å². The fourth-order valence-electron chi connectivity index (χ4n) is 3.18. The summed E-state index contributed by atoms with van der Waals surface area (Å²) in [5, 5.41) is 5.66. The molecule has 1 atom stereocenters. The molecule has 0 aliphatic carbocycles. The topological polar surface area (TPSA) is 85.9 Å². The second-order valence-corrected chi connectivity index (χ2v) is 7.05. The number of urea groups is 1. The first kappa shape index (κ1) is 22.6. The van der Waals surface area contributed by atoms with E-state index in [0.717, 1.165) is 18.4 Å². The Morgan fingerprint density at radius 3 is 2.41 bits per heavy atom. The van der Waals surface area contributed by atoms with Gasteiger partial charge in [-0.05, 0) is 58.2 Å². The molecule has 1 aliphatic heterocycles. The molecular weight excluding hydrogens is 372 g/mol. The first-order chi connectivity index (χ1) is 13.9. The molecule has 2 amide bonds. The van der Waals surface area contributed by atoms with E-state index in [1.165, 1.54) is 0 Å². The van der Waals surface area contributed by atoms with Crippen LogP contribution in [0.5, 0.6) is 11.5 Å². The standard InChI is InChI=1S/C22H32N2O5/c1-6-9-10-16-19(21(25)29-14(4)5)20(24-22(26)23-16)15-11-12-17(27-7-2)18(13-15)28-8-3/h11-14,20H,6-10H2,1-5H3,(H2,23,24,26). The molecule has 1 aromatic carbocycles. The van der Waals surface area contributed by atoms with Gasteiger partial charge < -0.3 is 24.8 Å². The Hall–Kier alpha value is -2.70. The molecule has 1 heterocycles. The highest BCUT2D eigenvalue weighted by Gasteiger charge is 2.34. The van der Waals surface area contributed by atoms with Gasteiger partial charge in [-0.3, -0.25) is 0 Å². The van der Waals surface area contributed by atoms with Crippen molar-refractivity contribution in [1.82, 2.24) is 10.6 Å². The first-order valence-corrected chi connectivity index (χ1v) is 10.3. The van der Waals surface area contributed by atoms with Crippen molar-refractivity contribution in [3.8, 4) is 11.5 Å². The Morgan fingerprint density at radius 1 is 1.10 bits per heavy atom. The van der Waals surface area contributed by atoms with E-state index in [9.17, 15) is 9.59 Å². The molecule has 2 rings (SSSR count). The number of nitrogens with one attached hydrogen (secondary N) is 2. The highest BCUT2D eigenvalue weighted by molar-refractivity contribution is 5.95. The zero-order valence-electron chi connectivity index (χ0n) is 18.0. The number of rotatable bonds is 10. The molecule has 0 saturated carbocycles. The van der Waals surface area contributed by atoms with Crippen molar-refractivity contribution in [3.05, 3.63) is 35.0 Å². The number of hydrogen-bond acceptors (Lipinski definition) is 5. The summed E-state index contributed by atoms with van der Waals surface area (Å²) in [4.78, 5) is 25.3. The molecule has 1 aromatic rings. The van der Waals surface area contributed by atoms with Crippen LogP contribution in [0.25, 0.3) is 0 Å². The summed E-state index contributed by atoms with van der Waals surface area (Å²) < 4.78 is 16.8. The van der Waals surface area contributed by atoms with Crippen molar-refractivity contribution in [2.24, 2.45) is 0 Å². The number of allylic oxidation sites excluding steroid dienone is 1. The highest BCUT2D eigenvalue weighted by atomic mass is 16.5. The molecule has 0 fully saturated rings. The van der Waals surface area contributed by atoms with Gasteiger partial charge in [0.15, 0.2) is 11.5 Å². The van der Waals surface area contributed by atoms with Crippen molar-refractivity contribution in [3.63, 3.8) is 0 Å². The third kappa shape index (κ3) is 5.89. The Morgan fingerprint density at radius 2 is 1.79 bits per heavy atom. The van der Waals surface area contributed by atoms with E-state index in [2.05, 4.69) is 17.6 Å². The van der Waals surface area contributed by atoms with Crippen LogP contribution in [-0.4, -0.2) is 31.3 Å². The third-order valence-electron chi connectivity index (χ3n) is 4.40. The summed E-state index contributed by atoms with van der Waals surface area (Å²) in [6.45, 7) is 10.4. The molecule has 29 heavy (non-hydrogen) atoms. The normalized spacial score (nSPS) is 16.3. The first-order valence-electron chi connectivity index (χ1n) is 10.3. The Kier molecular flexibility index (Phi) is 8.36. The number of unbranched alkanes of at least 4 members (excludes halogenated alkanes) is 1. The quantitative estimate of drug-likeness (QED) is 0.570. The van der Waals surface area contributed by atoms with Crippen molar-refractivity contribution < 1.29 is 23.8 Å². The zero-order valence-corrected chi connectivity index (χ0v) is 18.0. The van der Waals surface area contributed by atoms with Gasteiger partial charge in [0, 0.05) is 5.70 Å². The van der Waals surface area contributed by atoms with Crippen LogP contribution >= 0.6 is 0 Å². The van der Waals surface area contributed by atoms with Gasteiger partial charge in [-0.15, -0.1) is 0 Å². The average Bonchev–Trinajstić information content (AvgIpc) is 2.66. The number of amides is 2. The molecule has 0 aromatic heterocycles. The summed E-state index contributed by atoms with van der Waals surface area (Å²) in [5.74, 6) is 0.765. The van der Waals surface area contributed by atoms with Gasteiger partial charge in [-0.25, -0.2) is 9.59 Å². The molecule has 1 unspecified atom stereocenters. The molecule has 160 valence electrons. The SMILES string of the molecule is CCCCC1=C(C(=O)OC(C)C)C(c2ccc(OCC)c(OCC)c2)NC(=O)N1. The smallest absolute Gasteiger partial charge is 0.338 e. The van der Waals surface area contributed by atoms with Gasteiger partial charge in [-0.1, -0.05) is 19.4 Å². The monoisotopic (exact) mass is 404 g/mol. The lowest BCUT2D eigenvalue weighted by molar-refractivity contribution is -0.143. The maximum Gasteiger partial charge on any atom is 0.338 e. The fraction of sp³-hybridized carbons (Fsp3) is 0.545. The number of carbonyl (C=O) groups is 2. The van der Waals surface area contributed by atoms with E-state index < -0.39 is 12.0 Å². The van der Waals surface area contributed by atoms with E-state index in [0.29, 0.717) is 42.4 Å². The zero-order chi connectivity index (χ0) is 21.4. The van der Waals surface area contributed by atoms with Crippen LogP contribution < -0.4 is 20.1 Å². The second-order valence-electron chi connectivity index (χ2n) is 7.05. The minimum atomic E-state index is -0.628. The molecule has 1 aliphatic rings. The highest BCUT2D eigenvalue weighted by Crippen LogP contribution is 2.35. The summed E-state index contributed by atoms with van der Waals surface area (Å²) in [7, 11) is 0. The maximum atomic E-state index is 12.9. The Labute approximate surface area is 172 Å². The summed E-state index contributed by atoms with van der Waals surface area (Å²) in [6, 6.07) is 4.48. The number of hydrogen-bond donors (Lipinski definition) is 2. The Bertz CT molecular complexity index is 758. The van der Waals surface area contributed by atoms with Crippen molar-refractivity contribution in [2.75, 3.05) is 13.2 Å². The molecule has 7 nitrogen and oxygen atoms in total. The van der Waals surface area contributed by atoms with Gasteiger partial charge in [0.1, 0.15) is 0 Å². The summed E-state index contributed by atoms with van der Waals surface area (Å²) >= 11 is 0. The van der Waals surface area contributed by atoms with Crippen LogP contribution in [0.3, 0.4) is 0 Å². The average molecular weight is 405 g/mol. The number of esters is 1. The van der Waals surface area contributed by atoms with Crippen LogP contribution in [0.1, 0.15) is 65.5 Å². The van der Waals surface area contributed by atoms with E-state index in [1.54, 1.807) is 19.9 Å².